The summed E-state index contributed by atoms with van der Waals surface area (Å²) in [4.78, 5) is 11.3. The third kappa shape index (κ3) is 2.74. The minimum absolute atomic E-state index is 0.0337. The van der Waals surface area contributed by atoms with Gasteiger partial charge in [0.15, 0.2) is 0 Å². The number of hydrogen-bond donors (Lipinski definition) is 1. The molecule has 1 aliphatic heterocycles. The van der Waals surface area contributed by atoms with Gasteiger partial charge in [0.2, 0.25) is 9.84 Å². The molecule has 1 aromatic heterocycles. The number of aliphatic carboxylic acids is 1. The number of fused-ring (bicyclic) bond motifs is 2. The largest absolute Gasteiger partial charge is 0.480 e. The fourth-order valence-corrected chi connectivity index (χ4v) is 5.15. The van der Waals surface area contributed by atoms with E-state index in [1.165, 1.54) is 12.1 Å². The summed E-state index contributed by atoms with van der Waals surface area (Å²) in [6.07, 6.45) is 0. The zero-order chi connectivity index (χ0) is 19.5. The van der Waals surface area contributed by atoms with Crippen LogP contribution in [0.15, 0.2) is 46.7 Å². The van der Waals surface area contributed by atoms with Crippen molar-refractivity contribution in [2.45, 2.75) is 18.4 Å². The first-order chi connectivity index (χ1) is 12.7. The summed E-state index contributed by atoms with van der Waals surface area (Å²) in [6, 6.07) is 8.52. The third-order valence-electron chi connectivity index (χ3n) is 4.66. The van der Waals surface area contributed by atoms with Crippen LogP contribution in [0.1, 0.15) is 16.8 Å². The average molecular weight is 406 g/mol. The van der Waals surface area contributed by atoms with Gasteiger partial charge in [0.05, 0.1) is 10.4 Å². The van der Waals surface area contributed by atoms with E-state index in [2.05, 4.69) is 0 Å². The number of benzene rings is 2. The molecule has 27 heavy (non-hydrogen) atoms. The standard InChI is InChI=1S/C19H13ClFNO4S/c1-10-19(13-4-2-11(20)6-16(13)22(10)8-18(23)24)15-9-27(25,26)17-5-3-12(21)7-14(15)17/h2-7,9H,8H2,1H3,(H,23,24). The van der Waals surface area contributed by atoms with Crippen LogP contribution in [0.25, 0.3) is 16.5 Å². The van der Waals surface area contributed by atoms with E-state index >= 15 is 0 Å². The van der Waals surface area contributed by atoms with E-state index in [0.717, 1.165) is 11.5 Å². The summed E-state index contributed by atoms with van der Waals surface area (Å²) in [6.45, 7) is 1.40. The van der Waals surface area contributed by atoms with Crippen molar-refractivity contribution >= 4 is 43.9 Å². The second-order valence-corrected chi connectivity index (χ2v) is 8.52. The summed E-state index contributed by atoms with van der Waals surface area (Å²) in [5, 5.41) is 11.4. The lowest BCUT2D eigenvalue weighted by Crippen LogP contribution is -2.10. The number of nitrogens with zero attached hydrogens (tertiary/aromatic N) is 1. The highest BCUT2D eigenvalue weighted by molar-refractivity contribution is 7.95. The molecule has 2 aromatic carbocycles. The number of halogens is 2. The first kappa shape index (κ1) is 17.8. The second kappa shape index (κ2) is 5.94. The van der Waals surface area contributed by atoms with Crippen LogP contribution < -0.4 is 0 Å². The van der Waals surface area contributed by atoms with Gasteiger partial charge in [-0.15, -0.1) is 0 Å². The Morgan fingerprint density at radius 1 is 1.22 bits per heavy atom. The molecule has 1 aliphatic rings. The topological polar surface area (TPSA) is 76.4 Å². The van der Waals surface area contributed by atoms with Gasteiger partial charge >= 0.3 is 5.97 Å². The van der Waals surface area contributed by atoms with E-state index in [1.54, 1.807) is 29.7 Å². The summed E-state index contributed by atoms with van der Waals surface area (Å²) in [5.74, 6) is -1.59. The van der Waals surface area contributed by atoms with Crippen molar-refractivity contribution in [3.8, 4) is 0 Å². The van der Waals surface area contributed by atoms with Gasteiger partial charge in [0.1, 0.15) is 12.4 Å². The van der Waals surface area contributed by atoms with Gasteiger partial charge in [-0.1, -0.05) is 17.7 Å². The Balaban J connectivity index is 2.09. The molecule has 138 valence electrons. The highest BCUT2D eigenvalue weighted by Crippen LogP contribution is 2.43. The molecule has 0 aliphatic carbocycles. The minimum atomic E-state index is -3.71. The zero-order valence-corrected chi connectivity index (χ0v) is 15.6. The number of carbonyl (C=O) groups is 1. The lowest BCUT2D eigenvalue weighted by molar-refractivity contribution is -0.137. The van der Waals surface area contributed by atoms with Crippen molar-refractivity contribution in [2.24, 2.45) is 0 Å². The van der Waals surface area contributed by atoms with Crippen molar-refractivity contribution in [3.63, 3.8) is 0 Å². The van der Waals surface area contributed by atoms with Gasteiger partial charge in [-0.25, -0.2) is 12.8 Å². The van der Waals surface area contributed by atoms with Gasteiger partial charge in [-0.2, -0.15) is 0 Å². The van der Waals surface area contributed by atoms with Crippen LogP contribution in [-0.2, 0) is 21.2 Å². The Morgan fingerprint density at radius 3 is 2.67 bits per heavy atom. The summed E-state index contributed by atoms with van der Waals surface area (Å²) >= 11 is 6.07. The van der Waals surface area contributed by atoms with Crippen LogP contribution >= 0.6 is 11.6 Å². The van der Waals surface area contributed by atoms with Crippen molar-refractivity contribution in [3.05, 3.63) is 69.5 Å². The monoisotopic (exact) mass is 405 g/mol. The van der Waals surface area contributed by atoms with Crippen LogP contribution in [0.4, 0.5) is 4.39 Å². The maximum Gasteiger partial charge on any atom is 0.323 e. The maximum atomic E-state index is 13.8. The summed E-state index contributed by atoms with van der Waals surface area (Å²) < 4.78 is 40.4. The Morgan fingerprint density at radius 2 is 1.96 bits per heavy atom. The molecule has 2 heterocycles. The average Bonchev–Trinajstić information content (AvgIpc) is 2.98. The highest BCUT2D eigenvalue weighted by atomic mass is 35.5. The fourth-order valence-electron chi connectivity index (χ4n) is 3.57. The van der Waals surface area contributed by atoms with Gasteiger partial charge < -0.3 is 9.67 Å². The van der Waals surface area contributed by atoms with Gasteiger partial charge in [-0.05, 0) is 37.3 Å². The van der Waals surface area contributed by atoms with Gasteiger partial charge in [0.25, 0.3) is 0 Å². The molecule has 0 atom stereocenters. The number of sulfone groups is 1. The number of carboxylic acid groups (broad SMARTS) is 1. The Labute approximate surface area is 159 Å². The van der Waals surface area contributed by atoms with Crippen molar-refractivity contribution < 1.29 is 22.7 Å². The van der Waals surface area contributed by atoms with E-state index in [0.29, 0.717) is 32.8 Å². The third-order valence-corrected chi connectivity index (χ3v) is 6.41. The van der Waals surface area contributed by atoms with Crippen LogP contribution in [-0.4, -0.2) is 24.1 Å². The van der Waals surface area contributed by atoms with Crippen LogP contribution in [0.3, 0.4) is 0 Å². The molecular formula is C19H13ClFNO4S. The quantitative estimate of drug-likeness (QED) is 0.668. The van der Waals surface area contributed by atoms with E-state index in [-0.39, 0.29) is 17.0 Å². The molecule has 0 spiro atoms. The Hall–Kier alpha value is -2.64. The lowest BCUT2D eigenvalue weighted by atomic mass is 9.97. The van der Waals surface area contributed by atoms with E-state index < -0.39 is 21.6 Å². The van der Waals surface area contributed by atoms with Crippen molar-refractivity contribution in [2.75, 3.05) is 0 Å². The van der Waals surface area contributed by atoms with Crippen molar-refractivity contribution in [1.29, 1.82) is 0 Å². The SMILES string of the molecule is Cc1c(C2=CS(=O)(=O)c3ccc(F)cc32)c2ccc(Cl)cc2n1CC(=O)O. The molecule has 0 bridgehead atoms. The van der Waals surface area contributed by atoms with E-state index in [9.17, 15) is 22.7 Å². The predicted molar refractivity (Wildman–Crippen MR) is 100.0 cm³/mol. The predicted octanol–water partition coefficient (Wildman–Crippen LogP) is 4.00. The maximum absolute atomic E-state index is 13.8. The molecule has 4 rings (SSSR count). The Kier molecular flexibility index (Phi) is 3.90. The highest BCUT2D eigenvalue weighted by Gasteiger charge is 2.31. The number of aromatic nitrogens is 1. The fraction of sp³-hybridized carbons (Fsp3) is 0.105. The van der Waals surface area contributed by atoms with Crippen molar-refractivity contribution in [1.82, 2.24) is 4.57 Å². The van der Waals surface area contributed by atoms with Crippen LogP contribution in [0, 0.1) is 12.7 Å². The van der Waals surface area contributed by atoms with E-state index in [4.69, 9.17) is 11.6 Å². The second-order valence-electron chi connectivity index (χ2n) is 6.32. The number of rotatable bonds is 3. The molecule has 0 saturated heterocycles. The first-order valence-electron chi connectivity index (χ1n) is 7.96. The number of hydrogen-bond acceptors (Lipinski definition) is 3. The molecule has 8 heteroatoms. The molecule has 0 amide bonds. The number of carboxylic acids is 1. The Bertz CT molecular complexity index is 1270. The first-order valence-corrected chi connectivity index (χ1v) is 9.88. The molecule has 0 radical (unpaired) electrons. The lowest BCUT2D eigenvalue weighted by Gasteiger charge is -2.07. The molecule has 1 N–H and O–H groups in total. The molecule has 5 nitrogen and oxygen atoms in total. The molecule has 0 saturated carbocycles. The molecule has 0 fully saturated rings. The normalized spacial score (nSPS) is 15.0. The summed E-state index contributed by atoms with van der Waals surface area (Å²) in [5.41, 5.74) is 2.30. The van der Waals surface area contributed by atoms with Crippen LogP contribution in [0.2, 0.25) is 5.02 Å². The summed E-state index contributed by atoms with van der Waals surface area (Å²) in [7, 11) is -3.71. The smallest absolute Gasteiger partial charge is 0.323 e. The van der Waals surface area contributed by atoms with E-state index in [1.807, 2.05) is 0 Å². The molecule has 3 aromatic rings. The molecule has 0 unspecified atom stereocenters. The van der Waals surface area contributed by atoms with Gasteiger partial charge in [0, 0.05) is 38.2 Å². The zero-order valence-electron chi connectivity index (χ0n) is 14.0. The van der Waals surface area contributed by atoms with Gasteiger partial charge in [-0.3, -0.25) is 4.79 Å². The molecular weight excluding hydrogens is 393 g/mol. The van der Waals surface area contributed by atoms with Crippen LogP contribution in [0.5, 0.6) is 0 Å². The minimum Gasteiger partial charge on any atom is -0.480 e.